The fraction of sp³-hybridized carbons (Fsp3) is 0.500. The highest BCUT2D eigenvalue weighted by atomic mass is 32.2. The summed E-state index contributed by atoms with van der Waals surface area (Å²) in [5, 5.41) is 3.04. The predicted molar refractivity (Wildman–Crippen MR) is 70.3 cm³/mol. The van der Waals surface area contributed by atoms with Crippen LogP contribution in [0, 0.1) is 0 Å². The molecule has 0 aliphatic rings. The lowest BCUT2D eigenvalue weighted by Crippen LogP contribution is -2.11. The highest BCUT2D eigenvalue weighted by molar-refractivity contribution is 7.90. The van der Waals surface area contributed by atoms with E-state index in [1.54, 1.807) is 6.07 Å². The van der Waals surface area contributed by atoms with Crippen molar-refractivity contribution in [2.24, 2.45) is 0 Å². The Kier molecular flexibility index (Phi) is 4.98. The molecular weight excluding hydrogens is 254 g/mol. The Bertz CT molecular complexity index is 511. The van der Waals surface area contributed by atoms with Crippen LogP contribution in [0.3, 0.4) is 0 Å². The number of hydrogen-bond acceptors (Lipinski definition) is 5. The molecule has 1 N–H and O–H groups in total. The first-order valence-electron chi connectivity index (χ1n) is 5.53. The third-order valence-electron chi connectivity index (χ3n) is 2.61. The molecule has 0 amide bonds. The fourth-order valence-electron chi connectivity index (χ4n) is 1.68. The van der Waals surface area contributed by atoms with Gasteiger partial charge in [-0.1, -0.05) is 0 Å². The van der Waals surface area contributed by atoms with Gasteiger partial charge in [0.05, 0.1) is 14.2 Å². The Labute approximate surface area is 108 Å². The largest absolute Gasteiger partial charge is 0.496 e. The van der Waals surface area contributed by atoms with Gasteiger partial charge < -0.3 is 14.8 Å². The van der Waals surface area contributed by atoms with Crippen LogP contribution >= 0.6 is 0 Å². The van der Waals surface area contributed by atoms with Gasteiger partial charge in [0.2, 0.25) is 0 Å². The highest BCUT2D eigenvalue weighted by Crippen LogP contribution is 2.32. The minimum atomic E-state index is -3.34. The molecule has 1 rings (SSSR count). The Balaban J connectivity index is 3.32. The number of nitrogens with one attached hydrogen (secondary N) is 1. The van der Waals surface area contributed by atoms with Gasteiger partial charge in [0.25, 0.3) is 0 Å². The van der Waals surface area contributed by atoms with E-state index in [2.05, 4.69) is 5.32 Å². The summed E-state index contributed by atoms with van der Waals surface area (Å²) in [6.45, 7) is 0.776. The van der Waals surface area contributed by atoms with Crippen LogP contribution in [-0.2, 0) is 16.3 Å². The van der Waals surface area contributed by atoms with Crippen LogP contribution in [0.2, 0.25) is 0 Å². The first-order valence-corrected chi connectivity index (χ1v) is 7.42. The Morgan fingerprint density at radius 2 is 1.78 bits per heavy atom. The fourth-order valence-corrected chi connectivity index (χ4v) is 2.51. The van der Waals surface area contributed by atoms with Crippen molar-refractivity contribution in [2.45, 2.75) is 11.3 Å². The molecule has 5 nitrogen and oxygen atoms in total. The molecule has 102 valence electrons. The van der Waals surface area contributed by atoms with Crippen molar-refractivity contribution < 1.29 is 17.9 Å². The van der Waals surface area contributed by atoms with Gasteiger partial charge in [-0.25, -0.2) is 8.42 Å². The minimum Gasteiger partial charge on any atom is -0.496 e. The summed E-state index contributed by atoms with van der Waals surface area (Å²) in [4.78, 5) is 0.148. The molecule has 0 radical (unpaired) electrons. The van der Waals surface area contributed by atoms with Crippen molar-refractivity contribution in [3.05, 3.63) is 17.7 Å². The Morgan fingerprint density at radius 3 is 2.22 bits per heavy atom. The maximum absolute atomic E-state index is 11.7. The molecule has 0 unspecified atom stereocenters. The van der Waals surface area contributed by atoms with Crippen LogP contribution in [0.25, 0.3) is 0 Å². The minimum absolute atomic E-state index is 0.148. The van der Waals surface area contributed by atoms with Gasteiger partial charge in [-0.3, -0.25) is 0 Å². The van der Waals surface area contributed by atoms with E-state index in [-0.39, 0.29) is 4.90 Å². The number of likely N-dealkylation sites (N-methyl/N-ethyl adjacent to an activating group) is 1. The molecule has 0 saturated heterocycles. The number of rotatable bonds is 6. The first-order chi connectivity index (χ1) is 8.43. The summed E-state index contributed by atoms with van der Waals surface area (Å²) in [6, 6.07) is 3.23. The smallest absolute Gasteiger partial charge is 0.179 e. The van der Waals surface area contributed by atoms with Crippen LogP contribution in [0.5, 0.6) is 11.5 Å². The molecule has 1 aromatic rings. The van der Waals surface area contributed by atoms with E-state index < -0.39 is 9.84 Å². The summed E-state index contributed by atoms with van der Waals surface area (Å²) in [7, 11) is 1.50. The van der Waals surface area contributed by atoms with E-state index >= 15 is 0 Å². The lowest BCUT2D eigenvalue weighted by Gasteiger charge is -2.13. The number of ether oxygens (including phenoxy) is 2. The molecule has 0 heterocycles. The molecule has 18 heavy (non-hydrogen) atoms. The van der Waals surface area contributed by atoms with Gasteiger partial charge in [-0.2, -0.15) is 0 Å². The topological polar surface area (TPSA) is 64.6 Å². The number of sulfone groups is 1. The van der Waals surface area contributed by atoms with E-state index in [9.17, 15) is 8.42 Å². The third kappa shape index (κ3) is 3.36. The zero-order valence-corrected chi connectivity index (χ0v) is 11.9. The van der Waals surface area contributed by atoms with Gasteiger partial charge >= 0.3 is 0 Å². The maximum Gasteiger partial charge on any atom is 0.179 e. The normalized spacial score (nSPS) is 11.3. The van der Waals surface area contributed by atoms with Crippen LogP contribution in [-0.4, -0.2) is 42.5 Å². The molecule has 0 aliphatic carbocycles. The van der Waals surface area contributed by atoms with Crippen LogP contribution in [0.15, 0.2) is 17.0 Å². The van der Waals surface area contributed by atoms with Crippen LogP contribution in [0.4, 0.5) is 0 Å². The monoisotopic (exact) mass is 273 g/mol. The van der Waals surface area contributed by atoms with E-state index in [1.165, 1.54) is 20.3 Å². The van der Waals surface area contributed by atoms with E-state index in [0.717, 1.165) is 24.8 Å². The summed E-state index contributed by atoms with van der Waals surface area (Å²) in [5.74, 6) is 0.913. The summed E-state index contributed by atoms with van der Waals surface area (Å²) >= 11 is 0. The molecule has 0 aliphatic heterocycles. The van der Waals surface area contributed by atoms with Crippen molar-refractivity contribution in [3.8, 4) is 11.5 Å². The predicted octanol–water partition coefficient (Wildman–Crippen LogP) is 0.869. The first kappa shape index (κ1) is 14.8. The lowest BCUT2D eigenvalue weighted by atomic mass is 10.1. The lowest BCUT2D eigenvalue weighted by molar-refractivity contribution is 0.388. The molecule has 0 aromatic heterocycles. The molecule has 6 heteroatoms. The highest BCUT2D eigenvalue weighted by Gasteiger charge is 2.18. The van der Waals surface area contributed by atoms with Crippen molar-refractivity contribution >= 4 is 9.84 Å². The maximum atomic E-state index is 11.7. The molecule has 0 fully saturated rings. The Hall–Kier alpha value is -1.27. The molecule has 1 aromatic carbocycles. The van der Waals surface area contributed by atoms with Crippen molar-refractivity contribution in [1.29, 1.82) is 0 Å². The number of benzene rings is 1. The molecular formula is C12H19NO4S. The SMILES string of the molecule is CNCCc1cc(OC)c(S(C)(=O)=O)cc1OC. The summed E-state index contributed by atoms with van der Waals surface area (Å²) < 4.78 is 33.7. The summed E-state index contributed by atoms with van der Waals surface area (Å²) in [5.41, 5.74) is 0.913. The molecule has 0 saturated carbocycles. The number of hydrogen-bond donors (Lipinski definition) is 1. The van der Waals surface area contributed by atoms with Gasteiger partial charge in [0, 0.05) is 12.3 Å². The van der Waals surface area contributed by atoms with Gasteiger partial charge in [-0.05, 0) is 31.6 Å². The average Bonchev–Trinajstić information content (AvgIpc) is 2.33. The second kappa shape index (κ2) is 6.06. The molecule has 0 spiro atoms. The zero-order chi connectivity index (χ0) is 13.8. The zero-order valence-electron chi connectivity index (χ0n) is 11.1. The number of methoxy groups -OCH3 is 2. The Morgan fingerprint density at radius 1 is 1.17 bits per heavy atom. The second-order valence-electron chi connectivity index (χ2n) is 3.94. The second-order valence-corrected chi connectivity index (χ2v) is 5.92. The van der Waals surface area contributed by atoms with Gasteiger partial charge in [0.1, 0.15) is 16.4 Å². The van der Waals surface area contributed by atoms with E-state index in [1.807, 2.05) is 7.05 Å². The van der Waals surface area contributed by atoms with Crippen molar-refractivity contribution in [2.75, 3.05) is 34.1 Å². The average molecular weight is 273 g/mol. The van der Waals surface area contributed by atoms with Crippen molar-refractivity contribution in [1.82, 2.24) is 5.32 Å². The van der Waals surface area contributed by atoms with Crippen molar-refractivity contribution in [3.63, 3.8) is 0 Å². The molecule has 0 bridgehead atoms. The summed E-state index contributed by atoms with van der Waals surface area (Å²) in [6.07, 6.45) is 1.89. The standard InChI is InChI=1S/C12H19NO4S/c1-13-6-5-9-7-11(17-3)12(18(4,14)15)8-10(9)16-2/h7-8,13H,5-6H2,1-4H3. The van der Waals surface area contributed by atoms with Crippen LogP contribution < -0.4 is 14.8 Å². The molecule has 0 atom stereocenters. The van der Waals surface area contributed by atoms with Gasteiger partial charge in [0.15, 0.2) is 9.84 Å². The van der Waals surface area contributed by atoms with E-state index in [0.29, 0.717) is 11.5 Å². The quantitative estimate of drug-likeness (QED) is 0.833. The van der Waals surface area contributed by atoms with Crippen LogP contribution in [0.1, 0.15) is 5.56 Å². The van der Waals surface area contributed by atoms with E-state index in [4.69, 9.17) is 9.47 Å². The third-order valence-corrected chi connectivity index (χ3v) is 3.73. The van der Waals surface area contributed by atoms with Gasteiger partial charge in [-0.15, -0.1) is 0 Å².